The molecule has 2 aromatic heterocycles. The van der Waals surface area contributed by atoms with Crippen LogP contribution in [0.2, 0.25) is 0 Å². The zero-order chi connectivity index (χ0) is 13.4. The van der Waals surface area contributed by atoms with Gasteiger partial charge in [0, 0.05) is 41.3 Å². The molecule has 19 heavy (non-hydrogen) atoms. The summed E-state index contributed by atoms with van der Waals surface area (Å²) in [4.78, 5) is 7.71. The van der Waals surface area contributed by atoms with Crippen molar-refractivity contribution in [3.63, 3.8) is 0 Å². The predicted octanol–water partition coefficient (Wildman–Crippen LogP) is 2.38. The van der Waals surface area contributed by atoms with E-state index in [1.807, 2.05) is 0 Å². The SMILES string of the molecule is Cc1c(-c2nc[nH]c2CCN)c2ccccc2n1C. The third-order valence-electron chi connectivity index (χ3n) is 3.75. The van der Waals surface area contributed by atoms with Crippen molar-refractivity contribution >= 4 is 10.9 Å². The fourth-order valence-electron chi connectivity index (χ4n) is 2.69. The summed E-state index contributed by atoms with van der Waals surface area (Å²) in [7, 11) is 2.09. The Morgan fingerprint density at radius 3 is 2.89 bits per heavy atom. The van der Waals surface area contributed by atoms with Gasteiger partial charge in [-0.05, 0) is 19.5 Å². The number of H-pyrrole nitrogens is 1. The molecule has 3 rings (SSSR count). The van der Waals surface area contributed by atoms with E-state index < -0.39 is 0 Å². The highest BCUT2D eigenvalue weighted by Crippen LogP contribution is 2.34. The first kappa shape index (κ1) is 12.0. The fraction of sp³-hybridized carbons (Fsp3) is 0.267. The molecule has 0 unspecified atom stereocenters. The molecule has 0 aliphatic carbocycles. The number of benzene rings is 1. The Labute approximate surface area is 112 Å². The third kappa shape index (κ3) is 1.76. The van der Waals surface area contributed by atoms with Gasteiger partial charge in [0.2, 0.25) is 0 Å². The van der Waals surface area contributed by atoms with E-state index in [4.69, 9.17) is 5.73 Å². The molecule has 0 spiro atoms. The zero-order valence-corrected chi connectivity index (χ0v) is 11.3. The van der Waals surface area contributed by atoms with Gasteiger partial charge in [-0.1, -0.05) is 18.2 Å². The molecule has 0 aliphatic rings. The van der Waals surface area contributed by atoms with Crippen molar-refractivity contribution in [2.45, 2.75) is 13.3 Å². The number of imidazole rings is 1. The van der Waals surface area contributed by atoms with Crippen LogP contribution in [0.15, 0.2) is 30.6 Å². The summed E-state index contributed by atoms with van der Waals surface area (Å²) >= 11 is 0. The maximum atomic E-state index is 5.67. The van der Waals surface area contributed by atoms with Gasteiger partial charge in [0.15, 0.2) is 0 Å². The second-order valence-corrected chi connectivity index (χ2v) is 4.80. The van der Waals surface area contributed by atoms with Gasteiger partial charge >= 0.3 is 0 Å². The van der Waals surface area contributed by atoms with Crippen LogP contribution in [0, 0.1) is 6.92 Å². The van der Waals surface area contributed by atoms with Crippen LogP contribution in [0.1, 0.15) is 11.4 Å². The Bertz CT molecular complexity index is 721. The van der Waals surface area contributed by atoms with Gasteiger partial charge in [0.25, 0.3) is 0 Å². The van der Waals surface area contributed by atoms with Crippen molar-refractivity contribution in [3.8, 4) is 11.3 Å². The van der Waals surface area contributed by atoms with Crippen LogP contribution in [0.25, 0.3) is 22.2 Å². The van der Waals surface area contributed by atoms with Crippen LogP contribution in [-0.4, -0.2) is 21.1 Å². The van der Waals surface area contributed by atoms with Gasteiger partial charge in [0.1, 0.15) is 0 Å². The summed E-state index contributed by atoms with van der Waals surface area (Å²) in [6.45, 7) is 2.76. The fourth-order valence-corrected chi connectivity index (χ4v) is 2.69. The zero-order valence-electron chi connectivity index (χ0n) is 11.3. The van der Waals surface area contributed by atoms with Crippen molar-refractivity contribution in [2.75, 3.05) is 6.54 Å². The second kappa shape index (κ2) is 4.55. The summed E-state index contributed by atoms with van der Waals surface area (Å²) in [5.41, 5.74) is 11.5. The molecule has 4 heteroatoms. The minimum atomic E-state index is 0.624. The minimum Gasteiger partial charge on any atom is -0.348 e. The van der Waals surface area contributed by atoms with Crippen molar-refractivity contribution in [3.05, 3.63) is 42.0 Å². The van der Waals surface area contributed by atoms with Crippen molar-refractivity contribution in [2.24, 2.45) is 12.8 Å². The van der Waals surface area contributed by atoms with E-state index in [1.165, 1.54) is 22.2 Å². The number of aryl methyl sites for hydroxylation is 1. The molecule has 2 heterocycles. The lowest BCUT2D eigenvalue weighted by Crippen LogP contribution is -2.04. The number of nitrogens with zero attached hydrogens (tertiary/aromatic N) is 2. The quantitative estimate of drug-likeness (QED) is 0.754. The van der Waals surface area contributed by atoms with Crippen LogP contribution >= 0.6 is 0 Å². The van der Waals surface area contributed by atoms with E-state index in [-0.39, 0.29) is 0 Å². The first-order valence-electron chi connectivity index (χ1n) is 6.50. The number of para-hydroxylation sites is 1. The van der Waals surface area contributed by atoms with Gasteiger partial charge < -0.3 is 15.3 Å². The summed E-state index contributed by atoms with van der Waals surface area (Å²) in [5, 5.41) is 1.24. The largest absolute Gasteiger partial charge is 0.348 e. The van der Waals surface area contributed by atoms with Gasteiger partial charge in [0.05, 0.1) is 12.0 Å². The van der Waals surface area contributed by atoms with E-state index in [2.05, 4.69) is 52.8 Å². The number of rotatable bonds is 3. The number of hydrogen-bond donors (Lipinski definition) is 2. The highest BCUT2D eigenvalue weighted by molar-refractivity contribution is 5.97. The maximum Gasteiger partial charge on any atom is 0.0937 e. The Balaban J connectivity index is 2.30. The molecule has 1 aromatic carbocycles. The number of hydrogen-bond acceptors (Lipinski definition) is 2. The van der Waals surface area contributed by atoms with Crippen LogP contribution < -0.4 is 5.73 Å². The van der Waals surface area contributed by atoms with Gasteiger partial charge in [-0.3, -0.25) is 0 Å². The molecule has 0 radical (unpaired) electrons. The van der Waals surface area contributed by atoms with Gasteiger partial charge in [-0.2, -0.15) is 0 Å². The highest BCUT2D eigenvalue weighted by atomic mass is 15.0. The van der Waals surface area contributed by atoms with Gasteiger partial charge in [-0.25, -0.2) is 4.98 Å². The van der Waals surface area contributed by atoms with Gasteiger partial charge in [-0.15, -0.1) is 0 Å². The molecule has 3 aromatic rings. The number of nitrogens with two attached hydrogens (primary N) is 1. The van der Waals surface area contributed by atoms with Crippen LogP contribution in [0.4, 0.5) is 0 Å². The lowest BCUT2D eigenvalue weighted by molar-refractivity contribution is 0.915. The van der Waals surface area contributed by atoms with Crippen molar-refractivity contribution in [1.29, 1.82) is 0 Å². The molecule has 0 aliphatic heterocycles. The molecule has 0 saturated carbocycles. The molecular weight excluding hydrogens is 236 g/mol. The van der Waals surface area contributed by atoms with Crippen molar-refractivity contribution < 1.29 is 0 Å². The number of aromatic amines is 1. The highest BCUT2D eigenvalue weighted by Gasteiger charge is 2.17. The molecule has 98 valence electrons. The van der Waals surface area contributed by atoms with E-state index in [0.29, 0.717) is 6.54 Å². The average Bonchev–Trinajstić information content (AvgIpc) is 2.96. The molecule has 0 fully saturated rings. The molecule has 4 nitrogen and oxygen atoms in total. The Morgan fingerprint density at radius 1 is 1.32 bits per heavy atom. The summed E-state index contributed by atoms with van der Waals surface area (Å²) in [5.74, 6) is 0. The topological polar surface area (TPSA) is 59.6 Å². The molecule has 0 atom stereocenters. The number of fused-ring (bicyclic) bond motifs is 1. The summed E-state index contributed by atoms with van der Waals surface area (Å²) < 4.78 is 2.21. The molecule has 0 bridgehead atoms. The number of nitrogens with one attached hydrogen (secondary N) is 1. The van der Waals surface area contributed by atoms with Crippen LogP contribution in [-0.2, 0) is 13.5 Å². The predicted molar refractivity (Wildman–Crippen MR) is 78.0 cm³/mol. The van der Waals surface area contributed by atoms with Crippen LogP contribution in [0.3, 0.4) is 0 Å². The first-order chi connectivity index (χ1) is 9.24. The van der Waals surface area contributed by atoms with Crippen molar-refractivity contribution in [1.82, 2.24) is 14.5 Å². The lowest BCUT2D eigenvalue weighted by atomic mass is 10.1. The molecule has 0 saturated heterocycles. The van der Waals surface area contributed by atoms with E-state index in [9.17, 15) is 0 Å². The number of aromatic nitrogens is 3. The van der Waals surface area contributed by atoms with E-state index >= 15 is 0 Å². The standard InChI is InChI=1S/C15H18N4/c1-10-14(15-12(7-8-16)17-9-18-15)11-5-3-4-6-13(11)19(10)2/h3-6,9H,7-8,16H2,1-2H3,(H,17,18). The summed E-state index contributed by atoms with van der Waals surface area (Å²) in [6.07, 6.45) is 2.57. The Hall–Kier alpha value is -2.07. The Morgan fingerprint density at radius 2 is 2.11 bits per heavy atom. The summed E-state index contributed by atoms with van der Waals surface area (Å²) in [6, 6.07) is 8.43. The third-order valence-corrected chi connectivity index (χ3v) is 3.75. The Kier molecular flexibility index (Phi) is 2.87. The second-order valence-electron chi connectivity index (χ2n) is 4.80. The monoisotopic (exact) mass is 254 g/mol. The van der Waals surface area contributed by atoms with E-state index in [1.54, 1.807) is 6.33 Å². The average molecular weight is 254 g/mol. The molecule has 0 amide bonds. The van der Waals surface area contributed by atoms with E-state index in [0.717, 1.165) is 17.8 Å². The van der Waals surface area contributed by atoms with Crippen LogP contribution in [0.5, 0.6) is 0 Å². The maximum absolute atomic E-state index is 5.67. The minimum absolute atomic E-state index is 0.624. The lowest BCUT2D eigenvalue weighted by Gasteiger charge is -2.03. The molecule has 3 N–H and O–H groups in total. The molecular formula is C15H18N4. The normalized spacial score (nSPS) is 11.3. The first-order valence-corrected chi connectivity index (χ1v) is 6.50. The smallest absolute Gasteiger partial charge is 0.0937 e.